The summed E-state index contributed by atoms with van der Waals surface area (Å²) in [5.74, 6) is 0.567. The maximum absolute atomic E-state index is 13.9. The van der Waals surface area contributed by atoms with Gasteiger partial charge in [0, 0.05) is 30.2 Å². The van der Waals surface area contributed by atoms with Gasteiger partial charge in [-0.25, -0.2) is 0 Å². The highest BCUT2D eigenvalue weighted by atomic mass is 16.6. The molecule has 39 heavy (non-hydrogen) atoms. The molecule has 1 aliphatic carbocycles. The van der Waals surface area contributed by atoms with Gasteiger partial charge in [-0.1, -0.05) is 57.9 Å². The van der Waals surface area contributed by atoms with Crippen molar-refractivity contribution in [3.05, 3.63) is 87.8 Å². The summed E-state index contributed by atoms with van der Waals surface area (Å²) in [7, 11) is 0. The minimum Gasteiger partial charge on any atom is -0.458 e. The van der Waals surface area contributed by atoms with Crippen LogP contribution in [0.2, 0.25) is 0 Å². The van der Waals surface area contributed by atoms with E-state index in [2.05, 4.69) is 26.1 Å². The van der Waals surface area contributed by atoms with Crippen molar-refractivity contribution < 1.29 is 18.9 Å². The van der Waals surface area contributed by atoms with Crippen molar-refractivity contribution in [1.82, 2.24) is 0 Å². The summed E-state index contributed by atoms with van der Waals surface area (Å²) < 4.78 is 6.31. The molecule has 0 radical (unpaired) electrons. The molecule has 8 heteroatoms. The molecular weight excluding hydrogens is 494 g/mol. The lowest BCUT2D eigenvalue weighted by Crippen LogP contribution is -2.39. The van der Waals surface area contributed by atoms with Gasteiger partial charge in [0.1, 0.15) is 17.6 Å². The van der Waals surface area contributed by atoms with Crippen molar-refractivity contribution in [1.29, 1.82) is 0 Å². The van der Waals surface area contributed by atoms with Crippen molar-refractivity contribution >= 4 is 28.8 Å². The fourth-order valence-electron chi connectivity index (χ4n) is 5.66. The Morgan fingerprint density at radius 1 is 1.08 bits per heavy atom. The zero-order valence-corrected chi connectivity index (χ0v) is 22.5. The van der Waals surface area contributed by atoms with Crippen molar-refractivity contribution in [3.63, 3.8) is 0 Å². The summed E-state index contributed by atoms with van der Waals surface area (Å²) in [5.41, 5.74) is 2.74. The van der Waals surface area contributed by atoms with Crippen LogP contribution < -0.4 is 10.2 Å². The fourth-order valence-corrected chi connectivity index (χ4v) is 5.66. The molecule has 3 aromatic rings. The van der Waals surface area contributed by atoms with E-state index in [-0.39, 0.29) is 22.8 Å². The normalized spacial score (nSPS) is 18.2. The molecule has 0 bridgehead atoms. The van der Waals surface area contributed by atoms with Crippen LogP contribution in [0.4, 0.5) is 17.1 Å². The molecule has 1 atom stereocenters. The second-order valence-electron chi connectivity index (χ2n) is 11.1. The molecule has 0 spiro atoms. The lowest BCUT2D eigenvalue weighted by Gasteiger charge is -2.36. The zero-order chi connectivity index (χ0) is 27.7. The number of allylic oxidation sites excluding steroid dienone is 1. The number of anilines is 2. The molecule has 1 aliphatic heterocycles. The molecule has 2 aromatic carbocycles. The number of para-hydroxylation sites is 3. The smallest absolute Gasteiger partial charge is 0.280 e. The molecule has 0 unspecified atom stereocenters. The number of fused-ring (bicyclic) bond motifs is 1. The number of nitro benzene ring substituents is 1. The summed E-state index contributed by atoms with van der Waals surface area (Å²) in [5, 5.41) is 15.2. The fraction of sp³-hybridized carbons (Fsp3) is 0.355. The van der Waals surface area contributed by atoms with Gasteiger partial charge < -0.3 is 9.73 Å². The number of carbonyl (C=O) groups is 2. The average Bonchev–Trinajstić information content (AvgIpc) is 3.32. The predicted octanol–water partition coefficient (Wildman–Crippen LogP) is 7.58. The van der Waals surface area contributed by atoms with Crippen molar-refractivity contribution in [3.8, 4) is 11.3 Å². The molecule has 2 aliphatic rings. The van der Waals surface area contributed by atoms with Crippen molar-refractivity contribution in [2.45, 2.75) is 65.3 Å². The number of Topliss-reactive ketones (excluding diaryl/α,β-unsaturated/α-hetero) is 1. The molecular formula is C31H33N3O5. The van der Waals surface area contributed by atoms with E-state index in [0.717, 1.165) is 30.6 Å². The van der Waals surface area contributed by atoms with Gasteiger partial charge >= 0.3 is 0 Å². The van der Waals surface area contributed by atoms with Gasteiger partial charge in [0.15, 0.2) is 5.78 Å². The van der Waals surface area contributed by atoms with Gasteiger partial charge in [-0.05, 0) is 48.6 Å². The number of carbonyl (C=O) groups excluding carboxylic acids is 2. The quantitative estimate of drug-likeness (QED) is 0.193. The third-order valence-corrected chi connectivity index (χ3v) is 7.43. The first-order valence-corrected chi connectivity index (χ1v) is 13.5. The second kappa shape index (κ2) is 10.5. The van der Waals surface area contributed by atoms with E-state index >= 15 is 0 Å². The van der Waals surface area contributed by atoms with Crippen LogP contribution in [-0.4, -0.2) is 16.6 Å². The molecule has 0 saturated heterocycles. The number of hydrogen-bond donors (Lipinski definition) is 1. The average molecular weight is 528 g/mol. The minimum absolute atomic E-state index is 0.0402. The van der Waals surface area contributed by atoms with Crippen LogP contribution in [0, 0.1) is 15.5 Å². The molecule has 2 heterocycles. The summed E-state index contributed by atoms with van der Waals surface area (Å²) >= 11 is 0. The number of nitro groups is 1. The first-order valence-electron chi connectivity index (χ1n) is 13.5. The highest BCUT2D eigenvalue weighted by Crippen LogP contribution is 2.49. The maximum atomic E-state index is 13.9. The van der Waals surface area contributed by atoms with Crippen LogP contribution >= 0.6 is 0 Å². The van der Waals surface area contributed by atoms with Gasteiger partial charge in [0.25, 0.3) is 5.69 Å². The van der Waals surface area contributed by atoms with E-state index in [1.165, 1.54) is 6.07 Å². The number of amides is 1. The van der Waals surface area contributed by atoms with Crippen molar-refractivity contribution in [2.24, 2.45) is 5.41 Å². The SMILES string of the molecule is CCCCCC(=O)N1c2ccccc2NC2=C(C(=O)CC(C)(C)C2)[C@@H]1c1ccc(-c2ccccc2[N+](=O)[O-])o1. The molecule has 0 fully saturated rings. The van der Waals surface area contributed by atoms with E-state index in [1.54, 1.807) is 35.2 Å². The van der Waals surface area contributed by atoms with Gasteiger partial charge in [-0.3, -0.25) is 24.6 Å². The molecule has 1 N–H and O–H groups in total. The Labute approximate surface area is 227 Å². The van der Waals surface area contributed by atoms with Crippen LogP contribution in [0.25, 0.3) is 11.3 Å². The summed E-state index contributed by atoms with van der Waals surface area (Å²) in [6.45, 7) is 6.22. The van der Waals surface area contributed by atoms with Gasteiger partial charge in [0.2, 0.25) is 5.91 Å². The monoisotopic (exact) mass is 527 g/mol. The van der Waals surface area contributed by atoms with Crippen LogP contribution in [0.5, 0.6) is 0 Å². The Kier molecular flexibility index (Phi) is 7.12. The standard InChI is InChI=1S/C31H33N3O5/c1-4-5-6-15-28(36)33-24-14-10-8-12-21(24)32-22-18-31(2,3)19-25(35)29(22)30(33)27-17-16-26(39-27)20-11-7-9-13-23(20)34(37)38/h7-14,16-17,30,32H,4-6,15,18-19H2,1-3H3/t30-/m0/s1. The molecule has 0 saturated carbocycles. The number of nitrogens with one attached hydrogen (secondary N) is 1. The molecule has 8 nitrogen and oxygen atoms in total. The van der Waals surface area contributed by atoms with E-state index in [1.807, 2.05) is 24.3 Å². The largest absolute Gasteiger partial charge is 0.458 e. The van der Waals surface area contributed by atoms with Crippen molar-refractivity contribution in [2.75, 3.05) is 10.2 Å². The first kappa shape index (κ1) is 26.4. The van der Waals surface area contributed by atoms with Crippen LogP contribution in [0.15, 0.2) is 76.4 Å². The second-order valence-corrected chi connectivity index (χ2v) is 11.1. The Bertz CT molecular complexity index is 1470. The predicted molar refractivity (Wildman–Crippen MR) is 150 cm³/mol. The van der Waals surface area contributed by atoms with E-state index in [9.17, 15) is 19.7 Å². The van der Waals surface area contributed by atoms with Gasteiger partial charge in [-0.2, -0.15) is 0 Å². The highest BCUT2D eigenvalue weighted by molar-refractivity contribution is 6.06. The number of hydrogen-bond acceptors (Lipinski definition) is 6. The number of rotatable bonds is 7. The highest BCUT2D eigenvalue weighted by Gasteiger charge is 2.44. The Morgan fingerprint density at radius 2 is 1.82 bits per heavy atom. The van der Waals surface area contributed by atoms with Gasteiger partial charge in [0.05, 0.1) is 21.9 Å². The van der Waals surface area contributed by atoms with E-state index < -0.39 is 11.0 Å². The number of furan rings is 1. The number of benzene rings is 2. The number of nitrogens with zero attached hydrogens (tertiary/aromatic N) is 2. The summed E-state index contributed by atoms with van der Waals surface area (Å²) in [6, 6.07) is 16.6. The third kappa shape index (κ3) is 5.11. The van der Waals surface area contributed by atoms with Crippen LogP contribution in [0.3, 0.4) is 0 Å². The van der Waals surface area contributed by atoms with Crippen LogP contribution in [-0.2, 0) is 9.59 Å². The van der Waals surface area contributed by atoms with E-state index in [4.69, 9.17) is 4.42 Å². The van der Waals surface area contributed by atoms with Crippen LogP contribution in [0.1, 0.15) is 71.1 Å². The molecule has 202 valence electrons. The molecule has 5 rings (SSSR count). The summed E-state index contributed by atoms with van der Waals surface area (Å²) in [4.78, 5) is 40.7. The summed E-state index contributed by atoms with van der Waals surface area (Å²) in [6.07, 6.45) is 3.95. The van der Waals surface area contributed by atoms with Gasteiger partial charge in [-0.15, -0.1) is 0 Å². The maximum Gasteiger partial charge on any atom is 0.280 e. The lowest BCUT2D eigenvalue weighted by molar-refractivity contribution is -0.384. The Hall–Kier alpha value is -4.20. The molecule has 1 aromatic heterocycles. The Balaban J connectivity index is 1.70. The molecule has 1 amide bonds. The van der Waals surface area contributed by atoms with E-state index in [0.29, 0.717) is 47.6 Å². The topological polar surface area (TPSA) is 106 Å². The third-order valence-electron chi connectivity index (χ3n) is 7.43. The minimum atomic E-state index is -0.801. The lowest BCUT2D eigenvalue weighted by atomic mass is 9.74. The Morgan fingerprint density at radius 3 is 2.59 bits per heavy atom. The zero-order valence-electron chi connectivity index (χ0n) is 22.5. The first-order chi connectivity index (χ1) is 18.7. The number of unbranched alkanes of at least 4 members (excludes halogenated alkanes) is 2. The number of ketones is 1.